The third-order valence-electron chi connectivity index (χ3n) is 7.59. The molecule has 0 aliphatic carbocycles. The zero-order valence-corrected chi connectivity index (χ0v) is 23.7. The molecule has 0 amide bonds. The first-order valence-electron chi connectivity index (χ1n) is 13.6. The van der Waals surface area contributed by atoms with Crippen molar-refractivity contribution in [2.75, 3.05) is 5.73 Å². The molecule has 6 aromatic carbocycles. The van der Waals surface area contributed by atoms with Crippen molar-refractivity contribution < 1.29 is 0 Å². The Kier molecular flexibility index (Phi) is 7.61. The Morgan fingerprint density at radius 2 is 0.800 bits per heavy atom. The molecule has 0 saturated carbocycles. The molecular weight excluding hydrogens is 550 g/mol. The molecule has 0 fully saturated rings. The molecule has 2 N–H and O–H groups in total. The number of nitrogen functional groups attached to an aromatic ring is 1. The van der Waals surface area contributed by atoms with E-state index in [1.54, 1.807) is 0 Å². The molecule has 2 heteroatoms. The van der Waals surface area contributed by atoms with Gasteiger partial charge in [0.15, 0.2) is 0 Å². The average Bonchev–Trinajstić information content (AvgIpc) is 3.02. The SMILES string of the molecule is Nc1ccc(-c2ccc(C(c3ccccc3)C(c3ccccc3)c3ccccc3)cc2)c(-c2ccc(Br)cc2)c1. The van der Waals surface area contributed by atoms with Crippen molar-refractivity contribution in [3.05, 3.63) is 184 Å². The highest BCUT2D eigenvalue weighted by Gasteiger charge is 2.28. The average molecular weight is 581 g/mol. The molecule has 0 spiro atoms. The van der Waals surface area contributed by atoms with E-state index in [4.69, 9.17) is 5.73 Å². The molecule has 0 aliphatic rings. The van der Waals surface area contributed by atoms with Crippen molar-refractivity contribution in [2.24, 2.45) is 0 Å². The molecule has 40 heavy (non-hydrogen) atoms. The van der Waals surface area contributed by atoms with Gasteiger partial charge in [0.25, 0.3) is 0 Å². The fourth-order valence-corrected chi connectivity index (χ4v) is 5.95. The molecular formula is C38H30BrN. The van der Waals surface area contributed by atoms with Gasteiger partial charge in [0.05, 0.1) is 0 Å². The van der Waals surface area contributed by atoms with Gasteiger partial charge in [-0.05, 0) is 68.8 Å². The maximum absolute atomic E-state index is 6.24. The number of nitrogens with two attached hydrogens (primary N) is 1. The summed E-state index contributed by atoms with van der Waals surface area (Å²) in [5, 5.41) is 0. The number of hydrogen-bond acceptors (Lipinski definition) is 1. The second-order valence-corrected chi connectivity index (χ2v) is 11.0. The molecule has 0 bridgehead atoms. The van der Waals surface area contributed by atoms with Crippen molar-refractivity contribution >= 4 is 21.6 Å². The van der Waals surface area contributed by atoms with Gasteiger partial charge in [0, 0.05) is 22.0 Å². The summed E-state index contributed by atoms with van der Waals surface area (Å²) in [4.78, 5) is 0. The third kappa shape index (κ3) is 5.50. The van der Waals surface area contributed by atoms with Crippen LogP contribution in [0.25, 0.3) is 22.3 Å². The minimum atomic E-state index is 0.150. The van der Waals surface area contributed by atoms with E-state index in [1.807, 2.05) is 6.07 Å². The van der Waals surface area contributed by atoms with E-state index in [1.165, 1.54) is 33.4 Å². The predicted octanol–water partition coefficient (Wildman–Crippen LogP) is 10.3. The quantitative estimate of drug-likeness (QED) is 0.187. The molecule has 0 aliphatic heterocycles. The summed E-state index contributed by atoms with van der Waals surface area (Å²) in [6.45, 7) is 0. The topological polar surface area (TPSA) is 26.0 Å². The molecule has 0 saturated heterocycles. The molecule has 194 valence electrons. The summed E-state index contributed by atoms with van der Waals surface area (Å²) in [6.07, 6.45) is 0. The van der Waals surface area contributed by atoms with Gasteiger partial charge in [0.1, 0.15) is 0 Å². The van der Waals surface area contributed by atoms with E-state index >= 15 is 0 Å². The van der Waals surface area contributed by atoms with Crippen LogP contribution in [-0.4, -0.2) is 0 Å². The van der Waals surface area contributed by atoms with Crippen LogP contribution in [0.1, 0.15) is 34.1 Å². The summed E-state index contributed by atoms with van der Waals surface area (Å²) >= 11 is 3.56. The van der Waals surface area contributed by atoms with E-state index in [0.29, 0.717) is 0 Å². The zero-order valence-electron chi connectivity index (χ0n) is 22.1. The molecule has 0 heterocycles. The number of halogens is 1. The second kappa shape index (κ2) is 11.8. The predicted molar refractivity (Wildman–Crippen MR) is 172 cm³/mol. The Balaban J connectivity index is 1.47. The second-order valence-electron chi connectivity index (χ2n) is 10.1. The highest BCUT2D eigenvalue weighted by molar-refractivity contribution is 9.10. The smallest absolute Gasteiger partial charge is 0.0320 e. The monoisotopic (exact) mass is 579 g/mol. The molecule has 1 unspecified atom stereocenters. The van der Waals surface area contributed by atoms with Crippen molar-refractivity contribution in [1.82, 2.24) is 0 Å². The van der Waals surface area contributed by atoms with Gasteiger partial charge in [-0.3, -0.25) is 0 Å². The van der Waals surface area contributed by atoms with Gasteiger partial charge in [-0.2, -0.15) is 0 Å². The zero-order chi connectivity index (χ0) is 27.3. The van der Waals surface area contributed by atoms with Crippen LogP contribution in [0.2, 0.25) is 0 Å². The highest BCUT2D eigenvalue weighted by atomic mass is 79.9. The first kappa shape index (κ1) is 25.9. The number of hydrogen-bond donors (Lipinski definition) is 1. The van der Waals surface area contributed by atoms with Crippen LogP contribution in [0.5, 0.6) is 0 Å². The lowest BCUT2D eigenvalue weighted by Crippen LogP contribution is -2.14. The van der Waals surface area contributed by atoms with Crippen LogP contribution in [-0.2, 0) is 0 Å². The Morgan fingerprint density at radius 1 is 0.400 bits per heavy atom. The standard InChI is InChI=1S/C38H30BrN/c39-33-22-20-28(21-23-33)36-26-34(40)24-25-35(36)27-16-18-32(19-17-27)38(31-14-8-3-9-15-31)37(29-10-4-1-5-11-29)30-12-6-2-7-13-30/h1-26,37-38H,40H2. The molecule has 6 aromatic rings. The molecule has 0 aromatic heterocycles. The van der Waals surface area contributed by atoms with E-state index in [2.05, 4.69) is 168 Å². The molecule has 1 nitrogen and oxygen atoms in total. The first-order valence-corrected chi connectivity index (χ1v) is 14.4. The van der Waals surface area contributed by atoms with Gasteiger partial charge in [0.2, 0.25) is 0 Å². The fraction of sp³-hybridized carbons (Fsp3) is 0.0526. The minimum Gasteiger partial charge on any atom is -0.399 e. The molecule has 0 radical (unpaired) electrons. The number of rotatable bonds is 7. The molecule has 1 atom stereocenters. The Hall–Kier alpha value is -4.40. The summed E-state index contributed by atoms with van der Waals surface area (Å²) in [5.41, 5.74) is 16.8. The van der Waals surface area contributed by atoms with Crippen LogP contribution in [0.4, 0.5) is 5.69 Å². The largest absolute Gasteiger partial charge is 0.399 e. The fourth-order valence-electron chi connectivity index (χ4n) is 5.69. The Morgan fingerprint density at radius 3 is 1.27 bits per heavy atom. The van der Waals surface area contributed by atoms with E-state index in [9.17, 15) is 0 Å². The number of anilines is 1. The summed E-state index contributed by atoms with van der Waals surface area (Å²) in [5.74, 6) is 0.322. The first-order chi connectivity index (χ1) is 19.7. The summed E-state index contributed by atoms with van der Waals surface area (Å²) < 4.78 is 1.06. The van der Waals surface area contributed by atoms with Gasteiger partial charge in [-0.25, -0.2) is 0 Å². The van der Waals surface area contributed by atoms with Crippen LogP contribution < -0.4 is 5.73 Å². The van der Waals surface area contributed by atoms with Crippen molar-refractivity contribution in [1.29, 1.82) is 0 Å². The normalized spacial score (nSPS) is 11.8. The lowest BCUT2D eigenvalue weighted by atomic mass is 9.73. The lowest BCUT2D eigenvalue weighted by Gasteiger charge is -2.29. The molecule has 6 rings (SSSR count). The van der Waals surface area contributed by atoms with Crippen LogP contribution >= 0.6 is 15.9 Å². The number of benzene rings is 6. The van der Waals surface area contributed by atoms with E-state index < -0.39 is 0 Å². The lowest BCUT2D eigenvalue weighted by molar-refractivity contribution is 0.694. The van der Waals surface area contributed by atoms with Gasteiger partial charge < -0.3 is 5.73 Å². The third-order valence-corrected chi connectivity index (χ3v) is 8.12. The van der Waals surface area contributed by atoms with Gasteiger partial charge in [-0.1, -0.05) is 149 Å². The highest BCUT2D eigenvalue weighted by Crippen LogP contribution is 2.43. The van der Waals surface area contributed by atoms with E-state index in [-0.39, 0.29) is 11.8 Å². The van der Waals surface area contributed by atoms with Gasteiger partial charge >= 0.3 is 0 Å². The maximum atomic E-state index is 6.24. The van der Waals surface area contributed by atoms with Crippen LogP contribution in [0.3, 0.4) is 0 Å². The maximum Gasteiger partial charge on any atom is 0.0320 e. The Labute approximate surface area is 245 Å². The van der Waals surface area contributed by atoms with Crippen molar-refractivity contribution in [3.63, 3.8) is 0 Å². The van der Waals surface area contributed by atoms with Crippen LogP contribution in [0.15, 0.2) is 162 Å². The summed E-state index contributed by atoms with van der Waals surface area (Å²) in [6, 6.07) is 56.3. The van der Waals surface area contributed by atoms with Gasteiger partial charge in [-0.15, -0.1) is 0 Å². The Bertz CT molecular complexity index is 1640. The minimum absolute atomic E-state index is 0.150. The van der Waals surface area contributed by atoms with Crippen molar-refractivity contribution in [2.45, 2.75) is 11.8 Å². The van der Waals surface area contributed by atoms with E-state index in [0.717, 1.165) is 21.3 Å². The summed E-state index contributed by atoms with van der Waals surface area (Å²) in [7, 11) is 0. The van der Waals surface area contributed by atoms with Crippen LogP contribution in [0, 0.1) is 0 Å². The van der Waals surface area contributed by atoms with Crippen molar-refractivity contribution in [3.8, 4) is 22.3 Å².